The lowest BCUT2D eigenvalue weighted by Gasteiger charge is -2.14. The second-order valence-electron chi connectivity index (χ2n) is 3.12. The first-order valence-corrected chi connectivity index (χ1v) is 4.82. The van der Waals surface area contributed by atoms with Crippen LogP contribution in [0.25, 0.3) is 0 Å². The minimum atomic E-state index is -0.625. The molecule has 1 heterocycles. The molecule has 13 heavy (non-hydrogen) atoms. The fraction of sp³-hybridized carbons (Fsp3) is 0.667. The van der Waals surface area contributed by atoms with E-state index in [2.05, 4.69) is 0 Å². The normalized spacial score (nSPS) is 24.1. The minimum Gasteiger partial charge on any atom is -0.452 e. The molecule has 0 aromatic carbocycles. The molecule has 0 saturated heterocycles. The average Bonchev–Trinajstić information content (AvgIpc) is 2.43. The van der Waals surface area contributed by atoms with Crippen LogP contribution in [0.2, 0.25) is 0 Å². The minimum absolute atomic E-state index is 0.338. The van der Waals surface area contributed by atoms with Crippen molar-refractivity contribution in [3.8, 4) is 0 Å². The van der Waals surface area contributed by atoms with Crippen LogP contribution in [0.1, 0.15) is 19.8 Å². The highest BCUT2D eigenvalue weighted by Gasteiger charge is 2.27. The first-order chi connectivity index (χ1) is 6.15. The molecule has 0 radical (unpaired) electrons. The number of hydrogen-bond acceptors (Lipinski definition) is 3. The summed E-state index contributed by atoms with van der Waals surface area (Å²) in [5.41, 5.74) is 0.565. The summed E-state index contributed by atoms with van der Waals surface area (Å²) in [5.74, 6) is 0.176. The van der Waals surface area contributed by atoms with Crippen molar-refractivity contribution in [1.29, 1.82) is 0 Å². The highest BCUT2D eigenvalue weighted by molar-refractivity contribution is 6.17. The topological polar surface area (TPSA) is 46.5 Å². The van der Waals surface area contributed by atoms with Gasteiger partial charge < -0.3 is 9.84 Å². The fourth-order valence-electron chi connectivity index (χ4n) is 1.21. The van der Waals surface area contributed by atoms with E-state index in [-0.39, 0.29) is 5.97 Å². The fourth-order valence-corrected chi connectivity index (χ4v) is 1.36. The Labute approximate surface area is 82.3 Å². The summed E-state index contributed by atoms with van der Waals surface area (Å²) < 4.78 is 4.91. The maximum absolute atomic E-state index is 10.9. The Morgan fingerprint density at radius 1 is 1.77 bits per heavy atom. The van der Waals surface area contributed by atoms with Gasteiger partial charge in [0.1, 0.15) is 6.10 Å². The van der Waals surface area contributed by atoms with Gasteiger partial charge in [-0.05, 0) is 25.8 Å². The molecule has 2 atom stereocenters. The Morgan fingerprint density at radius 3 is 2.92 bits per heavy atom. The van der Waals surface area contributed by atoms with Gasteiger partial charge in [-0.3, -0.25) is 0 Å². The molecule has 1 aliphatic heterocycles. The van der Waals surface area contributed by atoms with Crippen LogP contribution >= 0.6 is 11.6 Å². The standard InChI is InChI=1S/C9H13ClO3/c1-6-5-8(13-9(6)12)7(11)3-2-4-10/h5,7-8,11H,2-4H2,1H3. The van der Waals surface area contributed by atoms with Crippen LogP contribution in [0.4, 0.5) is 0 Å². The molecule has 0 fully saturated rings. The second kappa shape index (κ2) is 4.63. The number of carbonyl (C=O) groups excluding carboxylic acids is 1. The summed E-state index contributed by atoms with van der Waals surface area (Å²) in [4.78, 5) is 10.9. The first kappa shape index (κ1) is 10.5. The van der Waals surface area contributed by atoms with E-state index in [1.807, 2.05) is 0 Å². The first-order valence-electron chi connectivity index (χ1n) is 4.28. The van der Waals surface area contributed by atoms with E-state index in [1.165, 1.54) is 0 Å². The monoisotopic (exact) mass is 204 g/mol. The van der Waals surface area contributed by atoms with E-state index in [0.29, 0.717) is 17.9 Å². The summed E-state index contributed by atoms with van der Waals surface area (Å²) in [6.45, 7) is 1.68. The van der Waals surface area contributed by atoms with Gasteiger partial charge in [-0.1, -0.05) is 0 Å². The molecule has 1 N–H and O–H groups in total. The van der Waals surface area contributed by atoms with E-state index >= 15 is 0 Å². The number of hydrogen-bond donors (Lipinski definition) is 1. The summed E-state index contributed by atoms with van der Waals surface area (Å²) in [6, 6.07) is 0. The number of ether oxygens (including phenoxy) is 1. The number of rotatable bonds is 4. The smallest absolute Gasteiger partial charge is 0.334 e. The Bertz CT molecular complexity index is 225. The number of aliphatic hydroxyl groups is 1. The van der Waals surface area contributed by atoms with E-state index in [9.17, 15) is 9.90 Å². The molecular weight excluding hydrogens is 192 g/mol. The summed E-state index contributed by atoms with van der Waals surface area (Å²) in [7, 11) is 0. The van der Waals surface area contributed by atoms with Crippen LogP contribution in [-0.4, -0.2) is 29.2 Å². The molecule has 1 rings (SSSR count). The van der Waals surface area contributed by atoms with Crippen LogP contribution in [0, 0.1) is 0 Å². The van der Waals surface area contributed by atoms with Crippen molar-refractivity contribution in [2.24, 2.45) is 0 Å². The number of cyclic esters (lactones) is 1. The van der Waals surface area contributed by atoms with Crippen molar-refractivity contribution >= 4 is 17.6 Å². The SMILES string of the molecule is CC1=CC(C(O)CCCCl)OC1=O. The highest BCUT2D eigenvalue weighted by Crippen LogP contribution is 2.18. The predicted octanol–water partition coefficient (Wildman–Crippen LogP) is 1.24. The van der Waals surface area contributed by atoms with E-state index in [1.54, 1.807) is 13.0 Å². The lowest BCUT2D eigenvalue weighted by atomic mass is 10.1. The number of alkyl halides is 1. The van der Waals surface area contributed by atoms with Crippen molar-refractivity contribution < 1.29 is 14.6 Å². The van der Waals surface area contributed by atoms with Gasteiger partial charge in [0.2, 0.25) is 0 Å². The van der Waals surface area contributed by atoms with Gasteiger partial charge in [0.15, 0.2) is 0 Å². The molecule has 4 heteroatoms. The lowest BCUT2D eigenvalue weighted by Crippen LogP contribution is -2.25. The third-order valence-electron chi connectivity index (χ3n) is 1.99. The Morgan fingerprint density at radius 2 is 2.46 bits per heavy atom. The zero-order chi connectivity index (χ0) is 9.84. The summed E-state index contributed by atoms with van der Waals surface area (Å²) in [6.07, 6.45) is 1.84. The summed E-state index contributed by atoms with van der Waals surface area (Å²) in [5, 5.41) is 9.54. The zero-order valence-corrected chi connectivity index (χ0v) is 8.25. The zero-order valence-electron chi connectivity index (χ0n) is 7.50. The third-order valence-corrected chi connectivity index (χ3v) is 2.26. The Balaban J connectivity index is 2.41. The maximum Gasteiger partial charge on any atom is 0.334 e. The molecule has 1 aliphatic rings. The second-order valence-corrected chi connectivity index (χ2v) is 3.50. The largest absolute Gasteiger partial charge is 0.452 e. The van der Waals surface area contributed by atoms with Gasteiger partial charge in [-0.25, -0.2) is 4.79 Å². The molecule has 0 spiro atoms. The van der Waals surface area contributed by atoms with Gasteiger partial charge in [0.25, 0.3) is 0 Å². The lowest BCUT2D eigenvalue weighted by molar-refractivity contribution is -0.143. The van der Waals surface area contributed by atoms with Crippen molar-refractivity contribution in [1.82, 2.24) is 0 Å². The van der Waals surface area contributed by atoms with E-state index in [4.69, 9.17) is 16.3 Å². The molecule has 0 amide bonds. The predicted molar refractivity (Wildman–Crippen MR) is 49.6 cm³/mol. The molecular formula is C9H13ClO3. The number of halogens is 1. The van der Waals surface area contributed by atoms with Crippen LogP contribution in [0.15, 0.2) is 11.6 Å². The van der Waals surface area contributed by atoms with Gasteiger partial charge >= 0.3 is 5.97 Å². The Hall–Kier alpha value is -0.540. The van der Waals surface area contributed by atoms with Crippen LogP contribution in [0.3, 0.4) is 0 Å². The Kier molecular flexibility index (Phi) is 3.75. The highest BCUT2D eigenvalue weighted by atomic mass is 35.5. The summed E-state index contributed by atoms with van der Waals surface area (Å²) >= 11 is 5.48. The van der Waals surface area contributed by atoms with Crippen molar-refractivity contribution in [2.45, 2.75) is 32.0 Å². The van der Waals surface area contributed by atoms with Crippen molar-refractivity contribution in [3.05, 3.63) is 11.6 Å². The number of esters is 1. The molecule has 0 bridgehead atoms. The van der Waals surface area contributed by atoms with Crippen LogP contribution < -0.4 is 0 Å². The molecule has 2 unspecified atom stereocenters. The molecule has 0 saturated carbocycles. The van der Waals surface area contributed by atoms with Crippen LogP contribution in [-0.2, 0) is 9.53 Å². The maximum atomic E-state index is 10.9. The van der Waals surface area contributed by atoms with Gasteiger partial charge in [0, 0.05) is 11.5 Å². The van der Waals surface area contributed by atoms with E-state index in [0.717, 1.165) is 6.42 Å². The quantitative estimate of drug-likeness (QED) is 0.554. The molecule has 3 nitrogen and oxygen atoms in total. The molecule has 74 valence electrons. The van der Waals surface area contributed by atoms with E-state index < -0.39 is 12.2 Å². The number of aliphatic hydroxyl groups excluding tert-OH is 1. The molecule has 0 aliphatic carbocycles. The molecule has 0 aromatic heterocycles. The van der Waals surface area contributed by atoms with Gasteiger partial charge in [0.05, 0.1) is 6.10 Å². The van der Waals surface area contributed by atoms with Gasteiger partial charge in [-0.2, -0.15) is 0 Å². The van der Waals surface area contributed by atoms with Gasteiger partial charge in [-0.15, -0.1) is 11.6 Å². The molecule has 0 aromatic rings. The number of carbonyl (C=O) groups is 1. The van der Waals surface area contributed by atoms with Crippen molar-refractivity contribution in [3.63, 3.8) is 0 Å². The average molecular weight is 205 g/mol. The van der Waals surface area contributed by atoms with Crippen LogP contribution in [0.5, 0.6) is 0 Å². The van der Waals surface area contributed by atoms with Crippen molar-refractivity contribution in [2.75, 3.05) is 5.88 Å². The third kappa shape index (κ3) is 2.71.